The number of rotatable bonds is 6. The number of aryl methyl sites for hydroxylation is 1. The van der Waals surface area contributed by atoms with Gasteiger partial charge in [-0.15, -0.1) is 0 Å². The maximum Gasteiger partial charge on any atom is 0.215 e. The third-order valence-electron chi connectivity index (χ3n) is 4.95. The molecule has 0 saturated carbocycles. The normalized spacial score (nSPS) is 11.9. The van der Waals surface area contributed by atoms with E-state index in [1.54, 1.807) is 13.2 Å². The van der Waals surface area contributed by atoms with Crippen molar-refractivity contribution < 1.29 is 13.9 Å². The number of ether oxygens (including phenoxy) is 1. The van der Waals surface area contributed by atoms with E-state index in [9.17, 15) is 4.39 Å². The number of carbonyl (C=O) groups is 1. The molecule has 0 bridgehead atoms. The summed E-state index contributed by atoms with van der Waals surface area (Å²) in [7, 11) is 2.65. The van der Waals surface area contributed by atoms with Crippen molar-refractivity contribution in [2.75, 3.05) is 19.5 Å². The highest BCUT2D eigenvalue weighted by atomic mass is 32.8. The molecule has 0 amide bonds. The van der Waals surface area contributed by atoms with Gasteiger partial charge < -0.3 is 14.8 Å². The van der Waals surface area contributed by atoms with Crippen LogP contribution in [0.4, 0.5) is 10.1 Å². The minimum absolute atomic E-state index is 0.282. The second-order valence-corrected chi connectivity index (χ2v) is 9.13. The first-order valence-corrected chi connectivity index (χ1v) is 12.8. The molecule has 2 aromatic heterocycles. The number of aldehydes is 1. The molecular formula is C24H33FN4O2S2. The molecule has 3 aromatic rings. The largest absolute Gasteiger partial charge is 0.481 e. The van der Waals surface area contributed by atoms with Crippen LogP contribution in [0.3, 0.4) is 0 Å². The molecule has 2 atom stereocenters. The number of hydrogen-bond donors (Lipinski definition) is 2. The fraction of sp³-hybridized carbons (Fsp3) is 0.375. The summed E-state index contributed by atoms with van der Waals surface area (Å²) < 4.78 is 18.3. The molecule has 0 fully saturated rings. The van der Waals surface area contributed by atoms with Crippen molar-refractivity contribution in [3.8, 4) is 5.88 Å². The van der Waals surface area contributed by atoms with Crippen molar-refractivity contribution in [1.82, 2.24) is 9.97 Å². The highest BCUT2D eigenvalue weighted by Gasteiger charge is 2.14. The molecule has 9 heteroatoms. The van der Waals surface area contributed by atoms with E-state index in [1.807, 2.05) is 38.4 Å². The monoisotopic (exact) mass is 492 g/mol. The number of aromatic nitrogens is 2. The van der Waals surface area contributed by atoms with E-state index in [1.165, 1.54) is 18.6 Å². The highest BCUT2D eigenvalue weighted by molar-refractivity contribution is 8.27. The van der Waals surface area contributed by atoms with E-state index in [0.717, 1.165) is 41.4 Å². The van der Waals surface area contributed by atoms with Gasteiger partial charge in [-0.3, -0.25) is 5.14 Å². The smallest absolute Gasteiger partial charge is 0.215 e. The Morgan fingerprint density at radius 1 is 1.30 bits per heavy atom. The molecule has 2 heterocycles. The van der Waals surface area contributed by atoms with Gasteiger partial charge in [0.15, 0.2) is 5.65 Å². The number of halogens is 1. The van der Waals surface area contributed by atoms with Crippen LogP contribution in [0.2, 0.25) is 0 Å². The summed E-state index contributed by atoms with van der Waals surface area (Å²) in [6, 6.07) is 8.95. The molecule has 0 radical (unpaired) electrons. The van der Waals surface area contributed by atoms with E-state index in [0.29, 0.717) is 16.7 Å². The molecule has 0 saturated heterocycles. The third-order valence-corrected chi connectivity index (χ3v) is 6.25. The zero-order valence-electron chi connectivity index (χ0n) is 20.0. The Bertz CT molecular complexity index is 1080. The number of benzene rings is 1. The first-order valence-electron chi connectivity index (χ1n) is 10.6. The predicted octanol–water partition coefficient (Wildman–Crippen LogP) is 5.10. The van der Waals surface area contributed by atoms with Crippen molar-refractivity contribution in [3.05, 3.63) is 53.5 Å². The Labute approximate surface area is 202 Å². The van der Waals surface area contributed by atoms with Crippen LogP contribution < -0.4 is 15.2 Å². The molecule has 6 nitrogen and oxygen atoms in total. The number of carbonyl (C=O) groups excluding carboxylic acids is 1. The lowest BCUT2D eigenvalue weighted by molar-refractivity contribution is -0.106. The topological polar surface area (TPSA) is 90.1 Å². The van der Waals surface area contributed by atoms with Crippen LogP contribution in [-0.2, 0) is 32.0 Å². The summed E-state index contributed by atoms with van der Waals surface area (Å²) in [6.45, 7) is 7.83. The molecular weight excluding hydrogens is 459 g/mol. The Morgan fingerprint density at radius 2 is 1.97 bits per heavy atom. The Morgan fingerprint density at radius 3 is 2.45 bits per heavy atom. The molecule has 0 aliphatic carbocycles. The molecule has 0 spiro atoms. The van der Waals surface area contributed by atoms with Gasteiger partial charge in [-0.25, -0.2) is 9.37 Å². The fourth-order valence-corrected chi connectivity index (χ4v) is 3.91. The van der Waals surface area contributed by atoms with Gasteiger partial charge in [0.1, 0.15) is 12.1 Å². The van der Waals surface area contributed by atoms with E-state index >= 15 is 0 Å². The molecule has 0 aliphatic heterocycles. The second-order valence-electron chi connectivity index (χ2n) is 7.02. The molecule has 2 unspecified atom stereocenters. The average Bonchev–Trinajstić information content (AvgIpc) is 2.82. The van der Waals surface area contributed by atoms with E-state index in [2.05, 4.69) is 29.1 Å². The number of nitrogens with zero attached hydrogens (tertiary/aromatic N) is 2. The van der Waals surface area contributed by atoms with Gasteiger partial charge >= 0.3 is 0 Å². The zero-order chi connectivity index (χ0) is 25.0. The molecule has 33 heavy (non-hydrogen) atoms. The molecule has 0 aliphatic rings. The predicted molar refractivity (Wildman–Crippen MR) is 139 cm³/mol. The Balaban J connectivity index is 0.000000314. The van der Waals surface area contributed by atoms with Crippen molar-refractivity contribution in [2.24, 2.45) is 5.14 Å². The number of nitrogens with two attached hydrogens (primary N) is 1. The van der Waals surface area contributed by atoms with Gasteiger partial charge in [0, 0.05) is 18.5 Å². The van der Waals surface area contributed by atoms with Crippen LogP contribution in [-0.4, -0.2) is 30.4 Å². The van der Waals surface area contributed by atoms with E-state index in [4.69, 9.17) is 25.9 Å². The molecule has 1 aromatic carbocycles. The van der Waals surface area contributed by atoms with Crippen LogP contribution >= 0.6 is 0 Å². The Hall–Kier alpha value is -2.49. The third kappa shape index (κ3) is 8.10. The number of hydrogen-bond acceptors (Lipinski definition) is 6. The summed E-state index contributed by atoms with van der Waals surface area (Å²) in [6.07, 6.45) is 4.50. The maximum atomic E-state index is 13.1. The van der Waals surface area contributed by atoms with Crippen LogP contribution in [0.15, 0.2) is 41.4 Å². The Kier molecular flexibility index (Phi) is 12.6. The van der Waals surface area contributed by atoms with Crippen molar-refractivity contribution >= 4 is 43.8 Å². The van der Waals surface area contributed by atoms with E-state index < -0.39 is 9.64 Å². The molecule has 3 N–H and O–H groups in total. The van der Waals surface area contributed by atoms with Crippen molar-refractivity contribution in [2.45, 2.75) is 51.3 Å². The lowest BCUT2D eigenvalue weighted by atomic mass is 9.94. The number of nitrogens with one attached hydrogen (secondary N) is 1. The standard InChI is InChI=1S/C14H19N3O.C8H10FNS2.C2H4O/c1-5-9(2)13-10-6-7-12(18-4)17-14(10)16-8-11(13)15-3;1-2-6-3-4-8(12(10)11)7(9)5-6;1-2-3/h6-9,15H,5H2,1-4H3;3-5H,2,10H2,1H3;2H,1H3. The molecule has 180 valence electrons. The number of pyridine rings is 2. The minimum atomic E-state index is -0.892. The average molecular weight is 493 g/mol. The SMILES string of the molecule is CC=O.CCC(C)c1c(NC)cnc2nc(OC)ccc12.CCc1ccc(S(N)=S)c(F)c1. The van der Waals surface area contributed by atoms with Crippen LogP contribution in [0.1, 0.15) is 51.2 Å². The first kappa shape index (κ1) is 28.5. The lowest BCUT2D eigenvalue weighted by Gasteiger charge is -2.17. The number of anilines is 1. The van der Waals surface area contributed by atoms with Gasteiger partial charge in [0.05, 0.1) is 23.9 Å². The van der Waals surface area contributed by atoms with Crippen LogP contribution in [0.25, 0.3) is 11.0 Å². The summed E-state index contributed by atoms with van der Waals surface area (Å²) in [5, 5.41) is 9.71. The quantitative estimate of drug-likeness (QED) is 0.463. The lowest BCUT2D eigenvalue weighted by Crippen LogP contribution is -2.04. The second kappa shape index (κ2) is 14.6. The summed E-state index contributed by atoms with van der Waals surface area (Å²) in [5.41, 5.74) is 4.06. The highest BCUT2D eigenvalue weighted by Crippen LogP contribution is 2.32. The zero-order valence-corrected chi connectivity index (χ0v) is 21.6. The van der Waals surface area contributed by atoms with Crippen molar-refractivity contribution in [3.63, 3.8) is 0 Å². The van der Waals surface area contributed by atoms with Crippen LogP contribution in [0, 0.1) is 5.82 Å². The first-order chi connectivity index (χ1) is 15.8. The van der Waals surface area contributed by atoms with Gasteiger partial charge in [-0.1, -0.05) is 26.8 Å². The number of fused-ring (bicyclic) bond motifs is 1. The van der Waals surface area contributed by atoms with Gasteiger partial charge in [-0.05, 0) is 75.8 Å². The summed E-state index contributed by atoms with van der Waals surface area (Å²) in [4.78, 5) is 18.0. The summed E-state index contributed by atoms with van der Waals surface area (Å²) in [5.74, 6) is 0.783. The minimum Gasteiger partial charge on any atom is -0.481 e. The maximum absolute atomic E-state index is 13.1. The van der Waals surface area contributed by atoms with Gasteiger partial charge in [-0.2, -0.15) is 4.98 Å². The van der Waals surface area contributed by atoms with Crippen LogP contribution in [0.5, 0.6) is 5.88 Å². The van der Waals surface area contributed by atoms with E-state index in [-0.39, 0.29) is 5.82 Å². The fourth-order valence-electron chi connectivity index (χ4n) is 3.06. The molecule has 3 rings (SSSR count). The van der Waals surface area contributed by atoms with Gasteiger partial charge in [0.2, 0.25) is 5.88 Å². The van der Waals surface area contributed by atoms with Gasteiger partial charge in [0.25, 0.3) is 0 Å². The number of methoxy groups -OCH3 is 1. The summed E-state index contributed by atoms with van der Waals surface area (Å²) >= 11 is 4.78. The van der Waals surface area contributed by atoms with Crippen molar-refractivity contribution in [1.29, 1.82) is 0 Å².